The quantitative estimate of drug-likeness (QED) is 0.744. The molecular formula is C17H20N4O3. The number of carbonyl (C=O) groups excluding carboxylic acids is 1. The molecule has 1 amide bonds. The first-order chi connectivity index (χ1) is 11.5. The van der Waals surface area contributed by atoms with Crippen molar-refractivity contribution in [1.29, 1.82) is 0 Å². The largest absolute Gasteiger partial charge is 0.339 e. The molecule has 0 radical (unpaired) electrons. The lowest BCUT2D eigenvalue weighted by molar-refractivity contribution is 0.0791. The Morgan fingerprint density at radius 3 is 2.50 bits per heavy atom. The zero-order chi connectivity index (χ0) is 16.8. The van der Waals surface area contributed by atoms with Crippen LogP contribution in [-0.2, 0) is 13.0 Å². The second kappa shape index (κ2) is 5.59. The first-order valence-electron chi connectivity index (χ1n) is 8.33. The molecule has 0 bridgehead atoms. The van der Waals surface area contributed by atoms with E-state index in [9.17, 15) is 14.4 Å². The third-order valence-corrected chi connectivity index (χ3v) is 5.04. The van der Waals surface area contributed by atoms with Gasteiger partial charge in [0.1, 0.15) is 0 Å². The normalized spacial score (nSPS) is 18.1. The van der Waals surface area contributed by atoms with Gasteiger partial charge in [-0.3, -0.25) is 14.4 Å². The van der Waals surface area contributed by atoms with Crippen molar-refractivity contribution in [1.82, 2.24) is 19.8 Å². The van der Waals surface area contributed by atoms with Gasteiger partial charge in [0.05, 0.1) is 11.0 Å². The number of aromatic nitrogens is 2. The van der Waals surface area contributed by atoms with Crippen molar-refractivity contribution in [3.05, 3.63) is 43.5 Å². The summed E-state index contributed by atoms with van der Waals surface area (Å²) in [6, 6.07) is 1.73. The van der Waals surface area contributed by atoms with E-state index in [0.717, 1.165) is 50.0 Å². The van der Waals surface area contributed by atoms with Crippen molar-refractivity contribution in [2.24, 2.45) is 0 Å². The Morgan fingerprint density at radius 2 is 1.75 bits per heavy atom. The zero-order valence-corrected chi connectivity index (χ0v) is 13.6. The molecule has 1 aromatic heterocycles. The summed E-state index contributed by atoms with van der Waals surface area (Å²) in [5.41, 5.74) is 2.42. The fourth-order valence-corrected chi connectivity index (χ4v) is 3.76. The van der Waals surface area contributed by atoms with Crippen molar-refractivity contribution in [2.75, 3.05) is 26.7 Å². The van der Waals surface area contributed by atoms with E-state index in [1.807, 2.05) is 11.9 Å². The number of amides is 1. The molecule has 1 saturated heterocycles. The van der Waals surface area contributed by atoms with Crippen molar-refractivity contribution >= 4 is 16.9 Å². The molecule has 4 rings (SSSR count). The predicted octanol–water partition coefficient (Wildman–Crippen LogP) is 0.440. The van der Waals surface area contributed by atoms with Crippen LogP contribution in [0.15, 0.2) is 15.7 Å². The van der Waals surface area contributed by atoms with E-state index < -0.39 is 11.1 Å². The third-order valence-electron chi connectivity index (χ3n) is 5.04. The van der Waals surface area contributed by atoms with Gasteiger partial charge in [0.25, 0.3) is 5.91 Å². The number of hydrogen-bond acceptors (Lipinski definition) is 4. The molecule has 7 heteroatoms. The Bertz CT molecular complexity index is 937. The van der Waals surface area contributed by atoms with Gasteiger partial charge in [-0.2, -0.15) is 0 Å². The smallest absolute Gasteiger partial charge is 0.314 e. The van der Waals surface area contributed by atoms with E-state index in [4.69, 9.17) is 0 Å². The van der Waals surface area contributed by atoms with Gasteiger partial charge < -0.3 is 19.8 Å². The molecule has 3 heterocycles. The van der Waals surface area contributed by atoms with E-state index in [1.54, 1.807) is 6.07 Å². The van der Waals surface area contributed by atoms with Gasteiger partial charge >= 0.3 is 11.1 Å². The molecule has 0 atom stereocenters. The monoisotopic (exact) mass is 328 g/mol. The van der Waals surface area contributed by atoms with Gasteiger partial charge in [0.15, 0.2) is 0 Å². The van der Waals surface area contributed by atoms with E-state index in [1.165, 1.54) is 0 Å². The molecule has 0 saturated carbocycles. The van der Waals surface area contributed by atoms with Crippen LogP contribution in [0.1, 0.15) is 34.3 Å². The SMILES string of the molecule is CN1CCc2c(C(=O)N3CCCC3)cc3[nH]c(=O)c(=O)[nH]c3c2C1. The first kappa shape index (κ1) is 15.1. The zero-order valence-electron chi connectivity index (χ0n) is 13.6. The highest BCUT2D eigenvalue weighted by molar-refractivity contribution is 6.00. The highest BCUT2D eigenvalue weighted by atomic mass is 16.2. The van der Waals surface area contributed by atoms with Gasteiger partial charge in [-0.1, -0.05) is 0 Å². The lowest BCUT2D eigenvalue weighted by atomic mass is 9.92. The van der Waals surface area contributed by atoms with Crippen LogP contribution in [0.5, 0.6) is 0 Å². The Morgan fingerprint density at radius 1 is 1.04 bits per heavy atom. The number of aromatic amines is 2. The first-order valence-corrected chi connectivity index (χ1v) is 8.33. The average Bonchev–Trinajstić information content (AvgIpc) is 3.09. The van der Waals surface area contributed by atoms with Crippen LogP contribution in [0.2, 0.25) is 0 Å². The minimum absolute atomic E-state index is 0.0299. The van der Waals surface area contributed by atoms with Crippen LogP contribution >= 0.6 is 0 Å². The molecule has 1 fully saturated rings. The summed E-state index contributed by atoms with van der Waals surface area (Å²) in [4.78, 5) is 45.7. The Labute approximate surface area is 138 Å². The van der Waals surface area contributed by atoms with Crippen LogP contribution in [0, 0.1) is 0 Å². The fraction of sp³-hybridized carbons (Fsp3) is 0.471. The van der Waals surface area contributed by atoms with Gasteiger partial charge in [0.2, 0.25) is 0 Å². The highest BCUT2D eigenvalue weighted by Gasteiger charge is 2.27. The van der Waals surface area contributed by atoms with Gasteiger partial charge in [-0.15, -0.1) is 0 Å². The maximum atomic E-state index is 12.9. The van der Waals surface area contributed by atoms with E-state index in [-0.39, 0.29) is 5.91 Å². The number of benzene rings is 1. The fourth-order valence-electron chi connectivity index (χ4n) is 3.76. The van der Waals surface area contributed by atoms with Crippen LogP contribution < -0.4 is 11.1 Å². The van der Waals surface area contributed by atoms with E-state index >= 15 is 0 Å². The number of likely N-dealkylation sites (tertiary alicyclic amines) is 1. The summed E-state index contributed by atoms with van der Waals surface area (Å²) in [7, 11) is 2.01. The second-order valence-electron chi connectivity index (χ2n) is 6.70. The summed E-state index contributed by atoms with van der Waals surface area (Å²) < 4.78 is 0. The Kier molecular flexibility index (Phi) is 3.53. The van der Waals surface area contributed by atoms with Crippen molar-refractivity contribution < 1.29 is 4.79 Å². The second-order valence-corrected chi connectivity index (χ2v) is 6.70. The lowest BCUT2D eigenvalue weighted by Crippen LogP contribution is -2.34. The molecule has 7 nitrogen and oxygen atoms in total. The molecule has 126 valence electrons. The molecule has 0 aliphatic carbocycles. The number of likely N-dealkylation sites (N-methyl/N-ethyl adjacent to an activating group) is 1. The summed E-state index contributed by atoms with van der Waals surface area (Å²) >= 11 is 0. The molecule has 2 aliphatic rings. The van der Waals surface area contributed by atoms with Crippen LogP contribution in [-0.4, -0.2) is 52.4 Å². The maximum absolute atomic E-state index is 12.9. The number of H-pyrrole nitrogens is 2. The number of nitrogens with one attached hydrogen (secondary N) is 2. The maximum Gasteiger partial charge on any atom is 0.314 e. The minimum Gasteiger partial charge on any atom is -0.339 e. The molecule has 2 aliphatic heterocycles. The van der Waals surface area contributed by atoms with Gasteiger partial charge in [-0.25, -0.2) is 0 Å². The average molecular weight is 328 g/mol. The molecular weight excluding hydrogens is 308 g/mol. The summed E-state index contributed by atoms with van der Waals surface area (Å²) in [5, 5.41) is 0. The Balaban J connectivity index is 1.96. The topological polar surface area (TPSA) is 89.3 Å². The van der Waals surface area contributed by atoms with E-state index in [0.29, 0.717) is 23.1 Å². The molecule has 2 aromatic rings. The molecule has 1 aromatic carbocycles. The summed E-state index contributed by atoms with van der Waals surface area (Å²) in [5.74, 6) is 0.0299. The molecule has 2 N–H and O–H groups in total. The van der Waals surface area contributed by atoms with Crippen LogP contribution in [0.4, 0.5) is 0 Å². The van der Waals surface area contributed by atoms with Gasteiger partial charge in [0, 0.05) is 31.7 Å². The van der Waals surface area contributed by atoms with Gasteiger partial charge in [-0.05, 0) is 43.5 Å². The van der Waals surface area contributed by atoms with Crippen molar-refractivity contribution in [2.45, 2.75) is 25.8 Å². The van der Waals surface area contributed by atoms with Crippen LogP contribution in [0.3, 0.4) is 0 Å². The molecule has 24 heavy (non-hydrogen) atoms. The third kappa shape index (κ3) is 2.36. The molecule has 0 spiro atoms. The number of rotatable bonds is 1. The lowest BCUT2D eigenvalue weighted by Gasteiger charge is -2.28. The van der Waals surface area contributed by atoms with Crippen molar-refractivity contribution in [3.63, 3.8) is 0 Å². The number of hydrogen-bond donors (Lipinski definition) is 2. The highest BCUT2D eigenvalue weighted by Crippen LogP contribution is 2.29. The standard InChI is InChI=1S/C17H20N4O3/c1-20-7-4-10-11(17(24)21-5-2-3-6-21)8-13-14(12(10)9-20)19-16(23)15(22)18-13/h8H,2-7,9H2,1H3,(H,18,22)(H,19,23). The number of carbonyl (C=O) groups is 1. The van der Waals surface area contributed by atoms with Crippen LogP contribution in [0.25, 0.3) is 11.0 Å². The summed E-state index contributed by atoms with van der Waals surface area (Å²) in [6.45, 7) is 3.09. The minimum atomic E-state index is -0.689. The molecule has 0 unspecified atom stereocenters. The Hall–Kier alpha value is -2.41. The number of fused-ring (bicyclic) bond motifs is 3. The van der Waals surface area contributed by atoms with Crippen molar-refractivity contribution in [3.8, 4) is 0 Å². The summed E-state index contributed by atoms with van der Waals surface area (Å²) in [6.07, 6.45) is 2.83. The predicted molar refractivity (Wildman–Crippen MR) is 90.4 cm³/mol. The number of nitrogens with zero attached hydrogens (tertiary/aromatic N) is 2. The van der Waals surface area contributed by atoms with E-state index in [2.05, 4.69) is 14.9 Å².